The van der Waals surface area contributed by atoms with E-state index in [1.807, 2.05) is 23.6 Å². The van der Waals surface area contributed by atoms with E-state index < -0.39 is 0 Å². The number of ether oxygens (including phenoxy) is 1. The Bertz CT molecular complexity index is 359. The molecule has 1 aliphatic rings. The third kappa shape index (κ3) is 7.68. The number of likely N-dealkylation sites (tertiary alicyclic amines) is 1. The first kappa shape index (κ1) is 22.9. The number of nitrogens with one attached hydrogen (secondary N) is 2. The summed E-state index contributed by atoms with van der Waals surface area (Å²) in [7, 11) is 1.67. The molecule has 7 nitrogen and oxygen atoms in total. The van der Waals surface area contributed by atoms with Gasteiger partial charge in [0.15, 0.2) is 0 Å². The molecule has 0 bridgehead atoms. The molecule has 0 aromatic heterocycles. The van der Waals surface area contributed by atoms with Crippen molar-refractivity contribution in [3.63, 3.8) is 0 Å². The van der Waals surface area contributed by atoms with Gasteiger partial charge in [-0.25, -0.2) is 4.79 Å². The summed E-state index contributed by atoms with van der Waals surface area (Å²) in [6.07, 6.45) is 1.49. The lowest BCUT2D eigenvalue weighted by Gasteiger charge is -2.34. The highest BCUT2D eigenvalue weighted by atomic mass is 35.5. The number of amides is 3. The van der Waals surface area contributed by atoms with Gasteiger partial charge in [0.1, 0.15) is 0 Å². The lowest BCUT2D eigenvalue weighted by Crippen LogP contribution is -2.48. The van der Waals surface area contributed by atoms with Gasteiger partial charge in [0, 0.05) is 58.8 Å². The van der Waals surface area contributed by atoms with Gasteiger partial charge in [-0.05, 0) is 26.7 Å². The molecule has 0 aromatic carbocycles. The van der Waals surface area contributed by atoms with Gasteiger partial charge >= 0.3 is 6.03 Å². The van der Waals surface area contributed by atoms with E-state index in [1.165, 1.54) is 0 Å². The number of hydrogen-bond acceptors (Lipinski definition) is 4. The SMILES string of the molecule is CCN(CC)C(=O)N1CCC(C(=O)NCCNCCOC)CC1.Cl. The zero-order valence-electron chi connectivity index (χ0n) is 15.2. The molecule has 24 heavy (non-hydrogen) atoms. The summed E-state index contributed by atoms with van der Waals surface area (Å²) in [4.78, 5) is 28.1. The molecule has 3 amide bonds. The molecule has 8 heteroatoms. The second kappa shape index (κ2) is 13.3. The Morgan fingerprint density at radius 2 is 1.75 bits per heavy atom. The monoisotopic (exact) mass is 364 g/mol. The summed E-state index contributed by atoms with van der Waals surface area (Å²) in [5.74, 6) is 0.128. The largest absolute Gasteiger partial charge is 0.383 e. The van der Waals surface area contributed by atoms with Crippen LogP contribution in [0.3, 0.4) is 0 Å². The zero-order valence-corrected chi connectivity index (χ0v) is 16.0. The topological polar surface area (TPSA) is 73.9 Å². The number of rotatable bonds is 9. The highest BCUT2D eigenvalue weighted by Gasteiger charge is 2.28. The molecule has 0 atom stereocenters. The molecule has 0 spiro atoms. The Morgan fingerprint density at radius 3 is 2.29 bits per heavy atom. The van der Waals surface area contributed by atoms with Gasteiger partial charge in [0.05, 0.1) is 6.61 Å². The average molecular weight is 365 g/mol. The van der Waals surface area contributed by atoms with E-state index in [2.05, 4.69) is 10.6 Å². The van der Waals surface area contributed by atoms with Crippen molar-refractivity contribution >= 4 is 24.3 Å². The predicted octanol–water partition coefficient (Wildman–Crippen LogP) is 0.934. The van der Waals surface area contributed by atoms with Gasteiger partial charge in [-0.3, -0.25) is 4.79 Å². The number of halogens is 1. The minimum absolute atomic E-state index is 0. The van der Waals surface area contributed by atoms with Crippen LogP contribution in [-0.4, -0.2) is 81.3 Å². The molecule has 0 unspecified atom stereocenters. The molecular weight excluding hydrogens is 332 g/mol. The van der Waals surface area contributed by atoms with E-state index in [1.54, 1.807) is 7.11 Å². The summed E-state index contributed by atoms with van der Waals surface area (Å²) in [6.45, 7) is 9.60. The molecule has 0 aliphatic carbocycles. The summed E-state index contributed by atoms with van der Waals surface area (Å²) in [6, 6.07) is 0.0937. The minimum Gasteiger partial charge on any atom is -0.383 e. The first-order valence-corrected chi connectivity index (χ1v) is 8.65. The van der Waals surface area contributed by atoms with Crippen molar-refractivity contribution in [3.8, 4) is 0 Å². The average Bonchev–Trinajstić information content (AvgIpc) is 2.59. The third-order valence-corrected chi connectivity index (χ3v) is 4.25. The van der Waals surface area contributed by atoms with Crippen LogP contribution in [-0.2, 0) is 9.53 Å². The van der Waals surface area contributed by atoms with E-state index in [0.29, 0.717) is 26.2 Å². The van der Waals surface area contributed by atoms with Crippen molar-refractivity contribution in [1.29, 1.82) is 0 Å². The lowest BCUT2D eigenvalue weighted by atomic mass is 9.96. The van der Waals surface area contributed by atoms with Crippen LogP contribution >= 0.6 is 12.4 Å². The van der Waals surface area contributed by atoms with E-state index in [-0.39, 0.29) is 30.3 Å². The fourth-order valence-electron chi connectivity index (χ4n) is 2.74. The molecule has 1 aliphatic heterocycles. The van der Waals surface area contributed by atoms with Crippen molar-refractivity contribution < 1.29 is 14.3 Å². The predicted molar refractivity (Wildman–Crippen MR) is 97.6 cm³/mol. The van der Waals surface area contributed by atoms with Crippen molar-refractivity contribution in [2.75, 3.05) is 59.5 Å². The summed E-state index contributed by atoms with van der Waals surface area (Å²) in [5.41, 5.74) is 0. The second-order valence-electron chi connectivity index (χ2n) is 5.75. The molecule has 0 radical (unpaired) electrons. The third-order valence-electron chi connectivity index (χ3n) is 4.25. The van der Waals surface area contributed by atoms with E-state index >= 15 is 0 Å². The van der Waals surface area contributed by atoms with Gasteiger partial charge in [-0.1, -0.05) is 0 Å². The van der Waals surface area contributed by atoms with Gasteiger partial charge in [-0.2, -0.15) is 0 Å². The second-order valence-corrected chi connectivity index (χ2v) is 5.75. The number of hydrogen-bond donors (Lipinski definition) is 2. The van der Waals surface area contributed by atoms with E-state index in [4.69, 9.17) is 4.74 Å². The van der Waals surface area contributed by atoms with Crippen molar-refractivity contribution in [2.24, 2.45) is 5.92 Å². The van der Waals surface area contributed by atoms with Gasteiger partial charge < -0.3 is 25.2 Å². The number of carbonyl (C=O) groups excluding carboxylic acids is 2. The molecule has 1 fully saturated rings. The van der Waals surface area contributed by atoms with Crippen LogP contribution in [0.2, 0.25) is 0 Å². The van der Waals surface area contributed by atoms with E-state index in [0.717, 1.165) is 39.0 Å². The molecule has 2 N–H and O–H groups in total. The molecule has 142 valence electrons. The summed E-state index contributed by atoms with van der Waals surface area (Å²) in [5, 5.41) is 6.16. The van der Waals surface area contributed by atoms with Crippen molar-refractivity contribution in [2.45, 2.75) is 26.7 Å². The highest BCUT2D eigenvalue weighted by Crippen LogP contribution is 2.18. The maximum atomic E-state index is 12.3. The van der Waals surface area contributed by atoms with Crippen LogP contribution < -0.4 is 10.6 Å². The molecule has 1 saturated heterocycles. The molecule has 1 rings (SSSR count). The number of urea groups is 1. The summed E-state index contributed by atoms with van der Waals surface area (Å²) < 4.78 is 4.94. The van der Waals surface area contributed by atoms with Crippen LogP contribution in [0.5, 0.6) is 0 Å². The Kier molecular flexibility index (Phi) is 12.7. The van der Waals surface area contributed by atoms with Gasteiger partial charge in [0.2, 0.25) is 5.91 Å². The van der Waals surface area contributed by atoms with Crippen LogP contribution in [0, 0.1) is 5.92 Å². The van der Waals surface area contributed by atoms with Crippen LogP contribution in [0.25, 0.3) is 0 Å². The van der Waals surface area contributed by atoms with Crippen LogP contribution in [0.15, 0.2) is 0 Å². The van der Waals surface area contributed by atoms with Gasteiger partial charge in [-0.15, -0.1) is 12.4 Å². The van der Waals surface area contributed by atoms with Crippen LogP contribution in [0.4, 0.5) is 4.79 Å². The molecule has 1 heterocycles. The van der Waals surface area contributed by atoms with Gasteiger partial charge in [0.25, 0.3) is 0 Å². The highest BCUT2D eigenvalue weighted by molar-refractivity contribution is 5.85. The Balaban J connectivity index is 0.00000529. The maximum absolute atomic E-state index is 12.3. The fraction of sp³-hybridized carbons (Fsp3) is 0.875. The molecular formula is C16H33ClN4O3. The Labute approximate surface area is 151 Å². The first-order chi connectivity index (χ1) is 11.1. The number of nitrogens with zero attached hydrogens (tertiary/aromatic N) is 2. The lowest BCUT2D eigenvalue weighted by molar-refractivity contribution is -0.126. The van der Waals surface area contributed by atoms with Crippen molar-refractivity contribution in [1.82, 2.24) is 20.4 Å². The Hall–Kier alpha value is -1.05. The van der Waals surface area contributed by atoms with Crippen molar-refractivity contribution in [3.05, 3.63) is 0 Å². The normalized spacial score (nSPS) is 14.9. The number of piperidine rings is 1. The molecule has 0 aromatic rings. The smallest absolute Gasteiger partial charge is 0.319 e. The standard InChI is InChI=1S/C16H32N4O3.ClH/c1-4-19(5-2)16(22)20-11-6-14(7-12-20)15(21)18-9-8-17-10-13-23-3;/h14,17H,4-13H2,1-3H3,(H,18,21);1H. The quantitative estimate of drug-likeness (QED) is 0.597. The zero-order chi connectivity index (χ0) is 17.1. The first-order valence-electron chi connectivity index (χ1n) is 8.65. The van der Waals surface area contributed by atoms with Crippen LogP contribution in [0.1, 0.15) is 26.7 Å². The minimum atomic E-state index is 0. The maximum Gasteiger partial charge on any atom is 0.319 e. The number of methoxy groups -OCH3 is 1. The Morgan fingerprint density at radius 1 is 1.12 bits per heavy atom. The number of carbonyl (C=O) groups is 2. The fourth-order valence-corrected chi connectivity index (χ4v) is 2.74. The van der Waals surface area contributed by atoms with E-state index in [9.17, 15) is 9.59 Å². The summed E-state index contributed by atoms with van der Waals surface area (Å²) >= 11 is 0. The molecule has 0 saturated carbocycles.